The van der Waals surface area contributed by atoms with E-state index in [9.17, 15) is 0 Å². The maximum absolute atomic E-state index is 5.90. The molecule has 0 spiro atoms. The Morgan fingerprint density at radius 2 is 1.84 bits per heavy atom. The van der Waals surface area contributed by atoms with Crippen molar-refractivity contribution in [2.75, 3.05) is 20.2 Å². The van der Waals surface area contributed by atoms with Crippen LogP contribution in [0.25, 0.3) is 0 Å². The van der Waals surface area contributed by atoms with Crippen LogP contribution >= 0.6 is 35.6 Å². The number of methoxy groups -OCH3 is 1. The number of hydrogen-bond donors (Lipinski definition) is 2. The van der Waals surface area contributed by atoms with Crippen LogP contribution in [0.5, 0.6) is 5.88 Å². The van der Waals surface area contributed by atoms with E-state index in [0.717, 1.165) is 36.1 Å². The number of aliphatic imine (C=N–C) groups is 1. The molecule has 0 aliphatic rings. The van der Waals surface area contributed by atoms with Gasteiger partial charge in [0.25, 0.3) is 0 Å². The molecule has 0 aliphatic heterocycles. The lowest BCUT2D eigenvalue weighted by atomic mass is 10.1. The highest BCUT2D eigenvalue weighted by atomic mass is 127. The number of hydrogen-bond acceptors (Lipinski definition) is 3. The van der Waals surface area contributed by atoms with E-state index in [4.69, 9.17) is 16.3 Å². The van der Waals surface area contributed by atoms with E-state index in [2.05, 4.69) is 20.6 Å². The van der Waals surface area contributed by atoms with Crippen molar-refractivity contribution in [2.24, 2.45) is 4.99 Å². The van der Waals surface area contributed by atoms with Crippen LogP contribution in [0.4, 0.5) is 0 Å². The van der Waals surface area contributed by atoms with Crippen molar-refractivity contribution in [3.8, 4) is 5.88 Å². The van der Waals surface area contributed by atoms with Gasteiger partial charge in [-0.3, -0.25) is 0 Å². The molecule has 5 nitrogen and oxygen atoms in total. The van der Waals surface area contributed by atoms with E-state index < -0.39 is 0 Å². The van der Waals surface area contributed by atoms with Gasteiger partial charge in [0, 0.05) is 30.4 Å². The fraction of sp³-hybridized carbons (Fsp3) is 0.333. The van der Waals surface area contributed by atoms with Crippen LogP contribution in [-0.2, 0) is 13.0 Å². The summed E-state index contributed by atoms with van der Waals surface area (Å²) in [5, 5.41) is 7.34. The SMILES string of the molecule is CCNC(=NCc1ccc(OC)nc1)NCCc1ccc(Cl)cc1.I. The fourth-order valence-corrected chi connectivity index (χ4v) is 2.24. The minimum absolute atomic E-state index is 0. The molecule has 2 aromatic rings. The van der Waals surface area contributed by atoms with Crippen molar-refractivity contribution in [1.82, 2.24) is 15.6 Å². The van der Waals surface area contributed by atoms with Crippen molar-refractivity contribution in [1.29, 1.82) is 0 Å². The topological polar surface area (TPSA) is 58.5 Å². The van der Waals surface area contributed by atoms with Crippen LogP contribution in [0.3, 0.4) is 0 Å². The number of aromatic nitrogens is 1. The second kappa shape index (κ2) is 11.9. The highest BCUT2D eigenvalue weighted by Gasteiger charge is 2.00. The molecular weight excluding hydrogens is 451 g/mol. The lowest BCUT2D eigenvalue weighted by Gasteiger charge is -2.11. The molecule has 0 unspecified atom stereocenters. The van der Waals surface area contributed by atoms with Crippen LogP contribution in [0.15, 0.2) is 47.6 Å². The molecule has 0 saturated carbocycles. The zero-order valence-electron chi connectivity index (χ0n) is 14.5. The van der Waals surface area contributed by atoms with E-state index >= 15 is 0 Å². The van der Waals surface area contributed by atoms with Crippen LogP contribution in [0, 0.1) is 0 Å². The summed E-state index contributed by atoms with van der Waals surface area (Å²) in [6.45, 7) is 4.22. The van der Waals surface area contributed by atoms with Gasteiger partial charge in [-0.2, -0.15) is 0 Å². The highest BCUT2D eigenvalue weighted by molar-refractivity contribution is 14.0. The quantitative estimate of drug-likeness (QED) is 0.365. The van der Waals surface area contributed by atoms with Crippen molar-refractivity contribution < 1.29 is 4.74 Å². The molecule has 25 heavy (non-hydrogen) atoms. The molecule has 7 heteroatoms. The van der Waals surface area contributed by atoms with Gasteiger partial charge in [-0.15, -0.1) is 24.0 Å². The molecule has 0 amide bonds. The fourth-order valence-electron chi connectivity index (χ4n) is 2.11. The molecule has 0 saturated heterocycles. The van der Waals surface area contributed by atoms with Crippen LogP contribution < -0.4 is 15.4 Å². The number of rotatable bonds is 7. The van der Waals surface area contributed by atoms with E-state index in [0.29, 0.717) is 12.4 Å². The second-order valence-corrected chi connectivity index (χ2v) is 5.64. The first-order chi connectivity index (χ1) is 11.7. The first-order valence-electron chi connectivity index (χ1n) is 7.97. The minimum Gasteiger partial charge on any atom is -0.481 e. The Morgan fingerprint density at radius 1 is 1.12 bits per heavy atom. The van der Waals surface area contributed by atoms with Crippen LogP contribution in [0.2, 0.25) is 5.02 Å². The molecule has 136 valence electrons. The van der Waals surface area contributed by atoms with Crippen LogP contribution in [-0.4, -0.2) is 31.1 Å². The van der Waals surface area contributed by atoms with Crippen molar-refractivity contribution in [3.05, 3.63) is 58.7 Å². The molecule has 1 aromatic carbocycles. The Morgan fingerprint density at radius 3 is 2.44 bits per heavy atom. The third-order valence-electron chi connectivity index (χ3n) is 3.39. The van der Waals surface area contributed by atoms with Gasteiger partial charge >= 0.3 is 0 Å². The van der Waals surface area contributed by atoms with Crippen molar-refractivity contribution >= 4 is 41.5 Å². The van der Waals surface area contributed by atoms with Crippen molar-refractivity contribution in [3.63, 3.8) is 0 Å². The van der Waals surface area contributed by atoms with Crippen molar-refractivity contribution in [2.45, 2.75) is 19.9 Å². The van der Waals surface area contributed by atoms with E-state index in [-0.39, 0.29) is 24.0 Å². The molecule has 0 radical (unpaired) electrons. The third-order valence-corrected chi connectivity index (χ3v) is 3.64. The summed E-state index contributed by atoms with van der Waals surface area (Å²) in [4.78, 5) is 8.76. The molecule has 1 aromatic heterocycles. The predicted octanol–water partition coefficient (Wildman–Crippen LogP) is 3.66. The average Bonchev–Trinajstić information content (AvgIpc) is 2.62. The summed E-state index contributed by atoms with van der Waals surface area (Å²) in [6.07, 6.45) is 2.69. The average molecular weight is 475 g/mol. The second-order valence-electron chi connectivity index (χ2n) is 5.21. The standard InChI is InChI=1S/C18H23ClN4O.HI/c1-3-20-18(21-11-10-14-4-7-16(19)8-5-14)23-13-15-6-9-17(24-2)22-12-15;/h4-9,12H,3,10-11,13H2,1-2H3,(H2,20,21,23);1H. The summed E-state index contributed by atoms with van der Waals surface area (Å²) in [5.74, 6) is 1.40. The zero-order valence-corrected chi connectivity index (χ0v) is 17.5. The Balaban J connectivity index is 0.00000312. The zero-order chi connectivity index (χ0) is 17.2. The molecule has 1 heterocycles. The number of pyridine rings is 1. The largest absolute Gasteiger partial charge is 0.481 e. The number of halogens is 2. The summed E-state index contributed by atoms with van der Waals surface area (Å²) in [7, 11) is 1.61. The molecule has 0 bridgehead atoms. The summed E-state index contributed by atoms with van der Waals surface area (Å²) in [6, 6.07) is 11.7. The number of ether oxygens (including phenoxy) is 1. The summed E-state index contributed by atoms with van der Waals surface area (Å²) in [5.41, 5.74) is 2.27. The predicted molar refractivity (Wildman–Crippen MR) is 114 cm³/mol. The number of benzene rings is 1. The smallest absolute Gasteiger partial charge is 0.212 e. The lowest BCUT2D eigenvalue weighted by Crippen LogP contribution is -2.38. The number of guanidine groups is 1. The molecule has 2 N–H and O–H groups in total. The lowest BCUT2D eigenvalue weighted by molar-refractivity contribution is 0.397. The maximum atomic E-state index is 5.90. The van der Waals surface area contributed by atoms with Gasteiger partial charge in [0.1, 0.15) is 0 Å². The maximum Gasteiger partial charge on any atom is 0.212 e. The molecule has 2 rings (SSSR count). The van der Waals surface area contributed by atoms with Gasteiger partial charge in [-0.25, -0.2) is 9.98 Å². The molecular formula is C18H24ClIN4O. The number of nitrogens with zero attached hydrogens (tertiary/aromatic N) is 2. The summed E-state index contributed by atoms with van der Waals surface area (Å²) < 4.78 is 5.06. The third kappa shape index (κ3) is 7.92. The van der Waals surface area contributed by atoms with Gasteiger partial charge in [-0.1, -0.05) is 29.8 Å². The Bertz CT molecular complexity index is 647. The first kappa shape index (κ1) is 21.5. The van der Waals surface area contributed by atoms with E-state index in [1.54, 1.807) is 13.3 Å². The van der Waals surface area contributed by atoms with E-state index in [1.165, 1.54) is 5.56 Å². The Hall–Kier alpha value is -1.54. The minimum atomic E-state index is 0. The first-order valence-corrected chi connectivity index (χ1v) is 8.34. The summed E-state index contributed by atoms with van der Waals surface area (Å²) >= 11 is 5.90. The van der Waals surface area contributed by atoms with Gasteiger partial charge < -0.3 is 15.4 Å². The Labute approximate surface area is 171 Å². The molecule has 0 fully saturated rings. The van der Waals surface area contributed by atoms with Gasteiger partial charge in [0.15, 0.2) is 5.96 Å². The van der Waals surface area contributed by atoms with Gasteiger partial charge in [0.2, 0.25) is 5.88 Å². The Kier molecular flexibility index (Phi) is 10.3. The molecule has 0 aliphatic carbocycles. The van der Waals surface area contributed by atoms with Gasteiger partial charge in [0.05, 0.1) is 13.7 Å². The monoisotopic (exact) mass is 474 g/mol. The van der Waals surface area contributed by atoms with Crippen LogP contribution in [0.1, 0.15) is 18.1 Å². The highest BCUT2D eigenvalue weighted by Crippen LogP contribution is 2.09. The molecule has 0 atom stereocenters. The number of nitrogens with one attached hydrogen (secondary N) is 2. The van der Waals surface area contributed by atoms with E-state index in [1.807, 2.05) is 43.3 Å². The normalized spacial score (nSPS) is 10.8. The van der Waals surface area contributed by atoms with Gasteiger partial charge in [-0.05, 0) is 36.6 Å².